The lowest BCUT2D eigenvalue weighted by molar-refractivity contribution is 0.275. The number of alkyl halides is 1. The molecule has 1 heterocycles. The average Bonchev–Trinajstić information content (AvgIpc) is 2.60. The maximum absolute atomic E-state index is 13.4. The molecule has 0 aromatic heterocycles. The Labute approximate surface area is 145 Å². The van der Waals surface area contributed by atoms with Gasteiger partial charge in [-0.2, -0.15) is 5.26 Å². The van der Waals surface area contributed by atoms with Crippen molar-refractivity contribution in [3.63, 3.8) is 0 Å². The first-order valence-electron chi connectivity index (χ1n) is 9.06. The molecule has 4 heteroatoms. The number of allylic oxidation sites excluding steroid dienone is 2. The highest BCUT2D eigenvalue weighted by Crippen LogP contribution is 2.33. The molecule has 0 fully saturated rings. The van der Waals surface area contributed by atoms with Crippen LogP contribution in [-0.4, -0.2) is 37.8 Å². The SMILES string of the molecule is CCCC/C(NC)=C(/C#N)C1=C(C)CCN(CC2=C(C)C(F)C2)C1. The van der Waals surface area contributed by atoms with E-state index in [4.69, 9.17) is 0 Å². The van der Waals surface area contributed by atoms with Crippen molar-refractivity contribution in [2.75, 3.05) is 26.7 Å². The maximum Gasteiger partial charge on any atom is 0.125 e. The summed E-state index contributed by atoms with van der Waals surface area (Å²) in [6, 6.07) is 2.44. The van der Waals surface area contributed by atoms with Crippen LogP contribution in [0.1, 0.15) is 52.9 Å². The lowest BCUT2D eigenvalue weighted by Crippen LogP contribution is -2.36. The molecule has 0 saturated carbocycles. The van der Waals surface area contributed by atoms with Crippen molar-refractivity contribution in [3.8, 4) is 6.07 Å². The molecule has 0 aromatic carbocycles. The lowest BCUT2D eigenvalue weighted by Gasteiger charge is -2.35. The number of nitrogens with one attached hydrogen (secondary N) is 1. The zero-order valence-electron chi connectivity index (χ0n) is 15.5. The number of halogens is 1. The first kappa shape index (κ1) is 18.7. The predicted molar refractivity (Wildman–Crippen MR) is 97.2 cm³/mol. The van der Waals surface area contributed by atoms with Gasteiger partial charge in [-0.15, -0.1) is 0 Å². The zero-order chi connectivity index (χ0) is 17.7. The fraction of sp³-hybridized carbons (Fsp3) is 0.650. The molecule has 1 aliphatic heterocycles. The monoisotopic (exact) mass is 331 g/mol. The van der Waals surface area contributed by atoms with Crippen LogP contribution in [0.3, 0.4) is 0 Å². The van der Waals surface area contributed by atoms with Crippen molar-refractivity contribution in [1.82, 2.24) is 10.2 Å². The van der Waals surface area contributed by atoms with Gasteiger partial charge in [0.1, 0.15) is 12.2 Å². The van der Waals surface area contributed by atoms with E-state index in [0.717, 1.165) is 62.2 Å². The largest absolute Gasteiger partial charge is 0.390 e. The summed E-state index contributed by atoms with van der Waals surface area (Å²) in [5.41, 5.74) is 6.50. The quantitative estimate of drug-likeness (QED) is 0.560. The van der Waals surface area contributed by atoms with Crippen molar-refractivity contribution < 1.29 is 4.39 Å². The van der Waals surface area contributed by atoms with Gasteiger partial charge in [-0.3, -0.25) is 4.90 Å². The van der Waals surface area contributed by atoms with Gasteiger partial charge in [0.2, 0.25) is 0 Å². The summed E-state index contributed by atoms with van der Waals surface area (Å²) >= 11 is 0. The topological polar surface area (TPSA) is 39.1 Å². The van der Waals surface area contributed by atoms with Crippen molar-refractivity contribution in [2.45, 2.75) is 59.0 Å². The van der Waals surface area contributed by atoms with Gasteiger partial charge in [-0.25, -0.2) is 4.39 Å². The molecule has 1 N–H and O–H groups in total. The first-order valence-corrected chi connectivity index (χ1v) is 9.06. The van der Waals surface area contributed by atoms with E-state index in [0.29, 0.717) is 6.42 Å². The molecule has 24 heavy (non-hydrogen) atoms. The molecule has 3 nitrogen and oxygen atoms in total. The number of hydrogen-bond acceptors (Lipinski definition) is 3. The normalized spacial score (nSPS) is 22.9. The Hall–Kier alpha value is -1.60. The van der Waals surface area contributed by atoms with Crippen LogP contribution in [0.25, 0.3) is 0 Å². The second-order valence-electron chi connectivity index (χ2n) is 7.00. The Morgan fingerprint density at radius 1 is 1.42 bits per heavy atom. The maximum atomic E-state index is 13.4. The minimum absolute atomic E-state index is 0.583. The Balaban J connectivity index is 2.18. The second kappa shape index (κ2) is 8.48. The second-order valence-corrected chi connectivity index (χ2v) is 7.00. The molecular weight excluding hydrogens is 301 g/mol. The van der Waals surface area contributed by atoms with Gasteiger partial charge in [0.15, 0.2) is 0 Å². The molecule has 0 aromatic rings. The predicted octanol–water partition coefficient (Wildman–Crippen LogP) is 4.25. The molecule has 1 unspecified atom stereocenters. The molecule has 2 aliphatic rings. The van der Waals surface area contributed by atoms with Crippen LogP contribution in [-0.2, 0) is 0 Å². The molecule has 0 spiro atoms. The van der Waals surface area contributed by atoms with E-state index in [1.54, 1.807) is 0 Å². The van der Waals surface area contributed by atoms with E-state index in [1.165, 1.54) is 16.7 Å². The van der Waals surface area contributed by atoms with E-state index in [2.05, 4.69) is 30.1 Å². The Bertz CT molecular complexity index is 607. The third-order valence-corrected chi connectivity index (χ3v) is 5.36. The number of unbranched alkanes of at least 4 members (excludes halogenated alkanes) is 1. The van der Waals surface area contributed by atoms with E-state index < -0.39 is 6.17 Å². The average molecular weight is 331 g/mol. The third kappa shape index (κ3) is 4.08. The van der Waals surface area contributed by atoms with E-state index in [-0.39, 0.29) is 0 Å². The van der Waals surface area contributed by atoms with E-state index in [9.17, 15) is 9.65 Å². The van der Waals surface area contributed by atoms with E-state index in [1.807, 2.05) is 14.0 Å². The molecular formula is C20H30FN3. The highest BCUT2D eigenvalue weighted by Gasteiger charge is 2.28. The van der Waals surface area contributed by atoms with Crippen LogP contribution in [0.4, 0.5) is 4.39 Å². The van der Waals surface area contributed by atoms with Gasteiger partial charge in [-0.05, 0) is 44.3 Å². The van der Waals surface area contributed by atoms with Gasteiger partial charge in [-0.1, -0.05) is 24.5 Å². The van der Waals surface area contributed by atoms with Crippen molar-refractivity contribution in [3.05, 3.63) is 33.6 Å². The van der Waals surface area contributed by atoms with Gasteiger partial charge < -0.3 is 5.32 Å². The summed E-state index contributed by atoms with van der Waals surface area (Å²) in [5, 5.41) is 13.0. The van der Waals surface area contributed by atoms with Crippen molar-refractivity contribution in [2.24, 2.45) is 0 Å². The van der Waals surface area contributed by atoms with Crippen LogP contribution >= 0.6 is 0 Å². The summed E-state index contributed by atoms with van der Waals surface area (Å²) in [6.07, 6.45) is 3.95. The van der Waals surface area contributed by atoms with Crippen LogP contribution in [0.2, 0.25) is 0 Å². The Kier molecular flexibility index (Phi) is 6.62. The standard InChI is InChI=1S/C20H30FN3/c1-5-6-7-20(23-4)17(11-22)18-13-24(9-8-14(18)2)12-16-10-19(21)15(16)3/h19,23H,5-10,12-13H2,1-4H3/b20-17+. The van der Waals surface area contributed by atoms with Crippen LogP contribution < -0.4 is 5.32 Å². The number of rotatable bonds is 7. The fourth-order valence-corrected chi connectivity index (χ4v) is 3.47. The molecule has 1 atom stereocenters. The number of hydrogen-bond donors (Lipinski definition) is 1. The van der Waals surface area contributed by atoms with Crippen LogP contribution in [0.5, 0.6) is 0 Å². The lowest BCUT2D eigenvalue weighted by atomic mass is 9.86. The van der Waals surface area contributed by atoms with Crippen molar-refractivity contribution >= 4 is 0 Å². The molecule has 1 aliphatic carbocycles. The molecule has 132 valence electrons. The summed E-state index contributed by atoms with van der Waals surface area (Å²) in [7, 11) is 1.91. The summed E-state index contributed by atoms with van der Waals surface area (Å²) in [5.74, 6) is 0. The van der Waals surface area contributed by atoms with Crippen molar-refractivity contribution in [1.29, 1.82) is 5.26 Å². The van der Waals surface area contributed by atoms with Crippen LogP contribution in [0, 0.1) is 11.3 Å². The molecule has 0 amide bonds. The van der Waals surface area contributed by atoms with Crippen LogP contribution in [0.15, 0.2) is 33.6 Å². The smallest absolute Gasteiger partial charge is 0.125 e. The highest BCUT2D eigenvalue weighted by molar-refractivity contribution is 5.49. The zero-order valence-corrected chi connectivity index (χ0v) is 15.5. The molecule has 0 bridgehead atoms. The highest BCUT2D eigenvalue weighted by atomic mass is 19.1. The van der Waals surface area contributed by atoms with Gasteiger partial charge in [0.05, 0.1) is 5.57 Å². The summed E-state index contributed by atoms with van der Waals surface area (Å²) < 4.78 is 13.4. The molecule has 2 rings (SSSR count). The fourth-order valence-electron chi connectivity index (χ4n) is 3.47. The van der Waals surface area contributed by atoms with Gasteiger partial charge >= 0.3 is 0 Å². The Morgan fingerprint density at radius 3 is 2.71 bits per heavy atom. The molecule has 0 saturated heterocycles. The third-order valence-electron chi connectivity index (χ3n) is 5.36. The van der Waals surface area contributed by atoms with Gasteiger partial charge in [0, 0.05) is 38.8 Å². The first-order chi connectivity index (χ1) is 11.5. The minimum Gasteiger partial charge on any atom is -0.390 e. The minimum atomic E-state index is -0.735. The summed E-state index contributed by atoms with van der Waals surface area (Å²) in [4.78, 5) is 2.36. The van der Waals surface area contributed by atoms with Gasteiger partial charge in [0.25, 0.3) is 0 Å². The number of nitriles is 1. The molecule has 0 radical (unpaired) electrons. The summed E-state index contributed by atoms with van der Waals surface area (Å²) in [6.45, 7) is 8.83. The Morgan fingerprint density at radius 2 is 2.17 bits per heavy atom. The van der Waals surface area contributed by atoms with E-state index >= 15 is 0 Å². The number of nitrogens with zero attached hydrogens (tertiary/aromatic N) is 2.